The zero-order valence-electron chi connectivity index (χ0n) is 7.88. The lowest BCUT2D eigenvalue weighted by molar-refractivity contribution is 0.362. The second-order valence-corrected chi connectivity index (χ2v) is 3.76. The minimum atomic E-state index is 0.0113. The van der Waals surface area contributed by atoms with Gasteiger partial charge in [0.2, 0.25) is 0 Å². The first-order valence-corrected chi connectivity index (χ1v) is 4.90. The average molecular weight is 214 g/mol. The Labute approximate surface area is 87.6 Å². The number of hydrogen-bond acceptors (Lipinski definition) is 3. The summed E-state index contributed by atoms with van der Waals surface area (Å²) >= 11 is 5.87. The molecule has 1 saturated heterocycles. The molecule has 14 heavy (non-hydrogen) atoms. The average Bonchev–Trinajstić information content (AvgIpc) is 2.08. The number of ether oxygens (including phenoxy) is 1. The van der Waals surface area contributed by atoms with Crippen LogP contribution in [-0.4, -0.2) is 18.8 Å². The zero-order valence-corrected chi connectivity index (χ0v) is 8.64. The highest BCUT2D eigenvalue weighted by atomic mass is 35.5. The minimum Gasteiger partial charge on any atom is -0.503 e. The van der Waals surface area contributed by atoms with E-state index in [4.69, 9.17) is 16.3 Å². The summed E-state index contributed by atoms with van der Waals surface area (Å²) in [7, 11) is 1.52. The maximum absolute atomic E-state index is 9.52. The van der Waals surface area contributed by atoms with E-state index in [9.17, 15) is 5.11 Å². The predicted octanol–water partition coefficient (Wildman–Crippen LogP) is 2.09. The van der Waals surface area contributed by atoms with Crippen molar-refractivity contribution in [2.45, 2.75) is 12.5 Å². The largest absolute Gasteiger partial charge is 0.503 e. The van der Waals surface area contributed by atoms with Gasteiger partial charge in [-0.2, -0.15) is 0 Å². The predicted molar refractivity (Wildman–Crippen MR) is 55.0 cm³/mol. The van der Waals surface area contributed by atoms with E-state index >= 15 is 0 Å². The molecule has 1 aliphatic heterocycles. The number of rotatable bonds is 2. The second-order valence-electron chi connectivity index (χ2n) is 3.35. The number of phenolic OH excluding ortho intramolecular Hbond substituents is 1. The van der Waals surface area contributed by atoms with Crippen molar-refractivity contribution in [1.29, 1.82) is 0 Å². The highest BCUT2D eigenvalue weighted by Crippen LogP contribution is 2.38. The number of hydrogen-bond donors (Lipinski definition) is 2. The van der Waals surface area contributed by atoms with Gasteiger partial charge in [-0.15, -0.1) is 0 Å². The van der Waals surface area contributed by atoms with E-state index in [0.29, 0.717) is 16.8 Å². The van der Waals surface area contributed by atoms with Crippen molar-refractivity contribution in [3.05, 3.63) is 22.7 Å². The molecule has 0 radical (unpaired) electrons. The third-order valence-corrected chi connectivity index (χ3v) is 2.78. The van der Waals surface area contributed by atoms with Crippen LogP contribution in [-0.2, 0) is 0 Å². The summed E-state index contributed by atoms with van der Waals surface area (Å²) in [6, 6.07) is 3.94. The van der Waals surface area contributed by atoms with Crippen LogP contribution >= 0.6 is 11.6 Å². The van der Waals surface area contributed by atoms with Crippen LogP contribution < -0.4 is 10.1 Å². The van der Waals surface area contributed by atoms with Crippen LogP contribution in [0.2, 0.25) is 5.02 Å². The molecular weight excluding hydrogens is 202 g/mol. The fourth-order valence-corrected chi connectivity index (χ4v) is 1.74. The van der Waals surface area contributed by atoms with E-state index < -0.39 is 0 Å². The van der Waals surface area contributed by atoms with Gasteiger partial charge in [-0.3, -0.25) is 0 Å². The standard InChI is InChI=1S/C10H12ClNO2/c1-14-9-5-6(8-2-3-12-8)4-7(11)10(9)13/h4-5,8,12-13H,2-3H2,1H3/t8-/m0/s1. The first-order valence-electron chi connectivity index (χ1n) is 4.52. The van der Waals surface area contributed by atoms with E-state index in [1.54, 1.807) is 6.07 Å². The molecular formula is C10H12ClNO2. The molecule has 1 aromatic rings. The van der Waals surface area contributed by atoms with Gasteiger partial charge < -0.3 is 15.2 Å². The summed E-state index contributed by atoms with van der Waals surface area (Å²) in [5.74, 6) is 0.443. The summed E-state index contributed by atoms with van der Waals surface area (Å²) in [5, 5.41) is 13.1. The Bertz CT molecular complexity index is 350. The second kappa shape index (κ2) is 3.67. The van der Waals surface area contributed by atoms with Crippen LogP contribution in [0.5, 0.6) is 11.5 Å². The lowest BCUT2D eigenvalue weighted by Gasteiger charge is -2.28. The van der Waals surface area contributed by atoms with E-state index in [1.165, 1.54) is 7.11 Å². The van der Waals surface area contributed by atoms with Crippen molar-refractivity contribution < 1.29 is 9.84 Å². The molecule has 1 heterocycles. The maximum atomic E-state index is 9.52. The van der Waals surface area contributed by atoms with Gasteiger partial charge in [-0.25, -0.2) is 0 Å². The van der Waals surface area contributed by atoms with Crippen LogP contribution in [0.1, 0.15) is 18.0 Å². The van der Waals surface area contributed by atoms with Crippen LogP contribution in [0.3, 0.4) is 0 Å². The monoisotopic (exact) mass is 213 g/mol. The van der Waals surface area contributed by atoms with Gasteiger partial charge >= 0.3 is 0 Å². The zero-order chi connectivity index (χ0) is 10.1. The highest BCUT2D eigenvalue weighted by Gasteiger charge is 2.21. The minimum absolute atomic E-state index is 0.0113. The maximum Gasteiger partial charge on any atom is 0.176 e. The van der Waals surface area contributed by atoms with Gasteiger partial charge in [-0.1, -0.05) is 11.6 Å². The fraction of sp³-hybridized carbons (Fsp3) is 0.400. The third kappa shape index (κ3) is 1.53. The summed E-state index contributed by atoms with van der Waals surface area (Å²) in [6.45, 7) is 1.03. The molecule has 0 amide bonds. The molecule has 0 unspecified atom stereocenters. The Balaban J connectivity index is 2.37. The topological polar surface area (TPSA) is 41.5 Å². The van der Waals surface area contributed by atoms with Gasteiger partial charge in [-0.05, 0) is 30.7 Å². The number of halogens is 1. The molecule has 0 aromatic heterocycles. The number of phenols is 1. The number of nitrogens with one attached hydrogen (secondary N) is 1. The molecule has 1 fully saturated rings. The van der Waals surface area contributed by atoms with E-state index in [0.717, 1.165) is 18.5 Å². The molecule has 0 bridgehead atoms. The lowest BCUT2D eigenvalue weighted by atomic mass is 9.98. The molecule has 0 spiro atoms. The molecule has 4 heteroatoms. The van der Waals surface area contributed by atoms with Crippen LogP contribution in [0.4, 0.5) is 0 Å². The van der Waals surface area contributed by atoms with Crippen molar-refractivity contribution >= 4 is 11.6 Å². The Morgan fingerprint density at radius 1 is 1.57 bits per heavy atom. The third-order valence-electron chi connectivity index (χ3n) is 2.50. The van der Waals surface area contributed by atoms with Crippen molar-refractivity contribution in [1.82, 2.24) is 5.32 Å². The van der Waals surface area contributed by atoms with E-state index in [-0.39, 0.29) is 5.75 Å². The molecule has 2 N–H and O–H groups in total. The van der Waals surface area contributed by atoms with Crippen molar-refractivity contribution in [3.8, 4) is 11.5 Å². The number of methoxy groups -OCH3 is 1. The number of benzene rings is 1. The van der Waals surface area contributed by atoms with Gasteiger partial charge in [0.15, 0.2) is 11.5 Å². The molecule has 2 rings (SSSR count). The SMILES string of the molecule is COc1cc([C@@H]2CCN2)cc(Cl)c1O. The molecule has 1 aliphatic rings. The van der Waals surface area contributed by atoms with Crippen molar-refractivity contribution in [2.75, 3.05) is 13.7 Å². The highest BCUT2D eigenvalue weighted by molar-refractivity contribution is 6.32. The molecule has 1 aromatic carbocycles. The Kier molecular flexibility index (Phi) is 2.52. The van der Waals surface area contributed by atoms with Gasteiger partial charge in [0, 0.05) is 6.04 Å². The van der Waals surface area contributed by atoms with Gasteiger partial charge in [0.25, 0.3) is 0 Å². The Hall–Kier alpha value is -0.930. The molecule has 1 atom stereocenters. The lowest BCUT2D eigenvalue weighted by Crippen LogP contribution is -2.34. The summed E-state index contributed by atoms with van der Waals surface area (Å²) < 4.78 is 5.02. The van der Waals surface area contributed by atoms with Crippen LogP contribution in [0.25, 0.3) is 0 Å². The van der Waals surface area contributed by atoms with E-state index in [2.05, 4.69) is 5.32 Å². The van der Waals surface area contributed by atoms with Crippen LogP contribution in [0, 0.1) is 0 Å². The summed E-state index contributed by atoms with van der Waals surface area (Å²) in [6.07, 6.45) is 1.10. The molecule has 76 valence electrons. The normalized spacial score (nSPS) is 20.3. The molecule has 3 nitrogen and oxygen atoms in total. The Morgan fingerprint density at radius 3 is 2.79 bits per heavy atom. The van der Waals surface area contributed by atoms with Crippen molar-refractivity contribution in [2.24, 2.45) is 0 Å². The quantitative estimate of drug-likeness (QED) is 0.791. The van der Waals surface area contributed by atoms with Gasteiger partial charge in [0.05, 0.1) is 12.1 Å². The Morgan fingerprint density at radius 2 is 2.29 bits per heavy atom. The van der Waals surface area contributed by atoms with E-state index in [1.807, 2.05) is 6.07 Å². The summed E-state index contributed by atoms with van der Waals surface area (Å²) in [4.78, 5) is 0. The van der Waals surface area contributed by atoms with Gasteiger partial charge in [0.1, 0.15) is 0 Å². The first kappa shape index (κ1) is 9.62. The molecule has 0 aliphatic carbocycles. The molecule has 0 saturated carbocycles. The van der Waals surface area contributed by atoms with Crippen LogP contribution in [0.15, 0.2) is 12.1 Å². The number of aromatic hydroxyl groups is 1. The van der Waals surface area contributed by atoms with Crippen molar-refractivity contribution in [3.63, 3.8) is 0 Å². The fourth-order valence-electron chi connectivity index (χ4n) is 1.52. The smallest absolute Gasteiger partial charge is 0.176 e. The summed E-state index contributed by atoms with van der Waals surface area (Å²) in [5.41, 5.74) is 1.07. The first-order chi connectivity index (χ1) is 6.72.